The van der Waals surface area contributed by atoms with Gasteiger partial charge in [-0.3, -0.25) is 4.79 Å². The summed E-state index contributed by atoms with van der Waals surface area (Å²) < 4.78 is 4.41. The van der Waals surface area contributed by atoms with E-state index in [9.17, 15) is 14.4 Å². The Kier molecular flexibility index (Phi) is 7.50. The standard InChI is InChI=1S/C11H20N2O5/c1-4-7(2)12-11(17)13-8(10(15)16)5-6-9(14)18-3/h7-8H,4-6H2,1-3H3,(H,15,16)(H2,12,13,17)/t7?,8-/m0/s1. The lowest BCUT2D eigenvalue weighted by molar-refractivity contribution is -0.142. The number of aliphatic carboxylic acids is 1. The topological polar surface area (TPSA) is 105 Å². The fourth-order valence-corrected chi connectivity index (χ4v) is 1.15. The van der Waals surface area contributed by atoms with E-state index in [1.807, 2.05) is 13.8 Å². The zero-order chi connectivity index (χ0) is 14.1. The molecule has 7 heteroatoms. The second-order valence-electron chi connectivity index (χ2n) is 3.93. The molecule has 1 unspecified atom stereocenters. The second kappa shape index (κ2) is 8.32. The van der Waals surface area contributed by atoms with Crippen molar-refractivity contribution in [2.75, 3.05) is 7.11 Å². The summed E-state index contributed by atoms with van der Waals surface area (Å²) in [5, 5.41) is 13.8. The molecule has 0 spiro atoms. The van der Waals surface area contributed by atoms with Gasteiger partial charge >= 0.3 is 18.0 Å². The van der Waals surface area contributed by atoms with E-state index in [0.29, 0.717) is 0 Å². The summed E-state index contributed by atoms with van der Waals surface area (Å²) in [6.45, 7) is 3.71. The highest BCUT2D eigenvalue weighted by molar-refractivity contribution is 5.83. The average Bonchev–Trinajstić information content (AvgIpc) is 2.33. The smallest absolute Gasteiger partial charge is 0.326 e. The fourth-order valence-electron chi connectivity index (χ4n) is 1.15. The van der Waals surface area contributed by atoms with Gasteiger partial charge in [0.15, 0.2) is 0 Å². The molecule has 18 heavy (non-hydrogen) atoms. The molecule has 0 heterocycles. The van der Waals surface area contributed by atoms with E-state index in [1.165, 1.54) is 7.11 Å². The molecule has 0 aromatic carbocycles. The van der Waals surface area contributed by atoms with Gasteiger partial charge in [0.25, 0.3) is 0 Å². The Hall–Kier alpha value is -1.79. The zero-order valence-corrected chi connectivity index (χ0v) is 10.9. The molecule has 0 bridgehead atoms. The minimum absolute atomic E-state index is 0.00404. The molecule has 2 atom stereocenters. The molecule has 0 aromatic heterocycles. The van der Waals surface area contributed by atoms with Gasteiger partial charge in [0.05, 0.1) is 7.11 Å². The third-order valence-corrected chi connectivity index (χ3v) is 2.46. The lowest BCUT2D eigenvalue weighted by Crippen LogP contribution is -2.48. The number of carboxylic acid groups (broad SMARTS) is 1. The van der Waals surface area contributed by atoms with Crippen LogP contribution < -0.4 is 10.6 Å². The summed E-state index contributed by atoms with van der Waals surface area (Å²) in [6, 6.07) is -1.70. The first-order valence-corrected chi connectivity index (χ1v) is 5.77. The number of esters is 1. The first-order chi connectivity index (χ1) is 8.40. The molecule has 2 amide bonds. The van der Waals surface area contributed by atoms with Crippen LogP contribution in [-0.4, -0.2) is 42.3 Å². The van der Waals surface area contributed by atoms with Crippen LogP contribution in [0.5, 0.6) is 0 Å². The normalized spacial score (nSPS) is 13.3. The van der Waals surface area contributed by atoms with Crippen molar-refractivity contribution in [3.8, 4) is 0 Å². The van der Waals surface area contributed by atoms with Gasteiger partial charge in [-0.05, 0) is 19.8 Å². The quantitative estimate of drug-likeness (QED) is 0.578. The third-order valence-electron chi connectivity index (χ3n) is 2.46. The van der Waals surface area contributed by atoms with Gasteiger partial charge < -0.3 is 20.5 Å². The number of amides is 2. The van der Waals surface area contributed by atoms with Gasteiger partial charge in [-0.25, -0.2) is 9.59 Å². The predicted octanol–water partition coefficient (Wildman–Crippen LogP) is 0.491. The van der Waals surface area contributed by atoms with E-state index >= 15 is 0 Å². The average molecular weight is 260 g/mol. The van der Waals surface area contributed by atoms with E-state index in [4.69, 9.17) is 5.11 Å². The van der Waals surface area contributed by atoms with Crippen molar-refractivity contribution in [2.24, 2.45) is 0 Å². The number of rotatable bonds is 7. The van der Waals surface area contributed by atoms with Crippen LogP contribution in [0.3, 0.4) is 0 Å². The Balaban J connectivity index is 4.23. The Labute approximate surface area is 106 Å². The van der Waals surface area contributed by atoms with E-state index in [0.717, 1.165) is 6.42 Å². The first-order valence-electron chi connectivity index (χ1n) is 5.77. The SMILES string of the molecule is CCC(C)NC(=O)N[C@@H](CCC(=O)OC)C(=O)O. The monoisotopic (exact) mass is 260 g/mol. The van der Waals surface area contributed by atoms with Gasteiger partial charge in [0.1, 0.15) is 6.04 Å². The molecule has 7 nitrogen and oxygen atoms in total. The van der Waals surface area contributed by atoms with Crippen LogP contribution >= 0.6 is 0 Å². The molecule has 0 aliphatic rings. The minimum Gasteiger partial charge on any atom is -0.480 e. The van der Waals surface area contributed by atoms with Gasteiger partial charge in [0.2, 0.25) is 0 Å². The minimum atomic E-state index is -1.18. The van der Waals surface area contributed by atoms with Crippen molar-refractivity contribution in [3.63, 3.8) is 0 Å². The molecule has 0 aliphatic carbocycles. The largest absolute Gasteiger partial charge is 0.480 e. The number of carbonyl (C=O) groups excluding carboxylic acids is 2. The highest BCUT2D eigenvalue weighted by Crippen LogP contribution is 2.00. The Bertz CT molecular complexity index is 306. The molecule has 0 aliphatic heterocycles. The predicted molar refractivity (Wildman–Crippen MR) is 64.1 cm³/mol. The van der Waals surface area contributed by atoms with Crippen molar-refractivity contribution < 1.29 is 24.2 Å². The maximum Gasteiger partial charge on any atom is 0.326 e. The van der Waals surface area contributed by atoms with E-state index in [2.05, 4.69) is 15.4 Å². The van der Waals surface area contributed by atoms with Crippen molar-refractivity contribution in [2.45, 2.75) is 45.2 Å². The molecule has 0 saturated carbocycles. The third kappa shape index (κ3) is 6.72. The lowest BCUT2D eigenvalue weighted by Gasteiger charge is -2.17. The van der Waals surface area contributed by atoms with E-state index in [1.54, 1.807) is 0 Å². The summed E-state index contributed by atoms with van der Waals surface area (Å²) in [6.07, 6.45) is 0.681. The highest BCUT2D eigenvalue weighted by Gasteiger charge is 2.21. The van der Waals surface area contributed by atoms with Gasteiger partial charge in [0, 0.05) is 12.5 Å². The van der Waals surface area contributed by atoms with E-state index < -0.39 is 24.0 Å². The second-order valence-corrected chi connectivity index (χ2v) is 3.93. The number of nitrogens with one attached hydrogen (secondary N) is 2. The molecule has 0 rings (SSSR count). The maximum atomic E-state index is 11.4. The Morgan fingerprint density at radius 3 is 2.33 bits per heavy atom. The molecule has 0 aromatic rings. The number of hydrogen-bond donors (Lipinski definition) is 3. The maximum absolute atomic E-state index is 11.4. The van der Waals surface area contributed by atoms with Crippen LogP contribution in [0, 0.1) is 0 Å². The number of methoxy groups -OCH3 is 1. The van der Waals surface area contributed by atoms with Crippen LogP contribution in [0.25, 0.3) is 0 Å². The molecular weight excluding hydrogens is 240 g/mol. The molecule has 0 saturated heterocycles. The lowest BCUT2D eigenvalue weighted by atomic mass is 10.1. The molecule has 0 radical (unpaired) electrons. The van der Waals surface area contributed by atoms with Crippen LogP contribution in [0.4, 0.5) is 4.79 Å². The number of ether oxygens (including phenoxy) is 1. The van der Waals surface area contributed by atoms with Crippen LogP contribution in [0.15, 0.2) is 0 Å². The number of hydrogen-bond acceptors (Lipinski definition) is 4. The van der Waals surface area contributed by atoms with Crippen molar-refractivity contribution in [1.29, 1.82) is 0 Å². The first kappa shape index (κ1) is 16.2. The molecule has 104 valence electrons. The number of carbonyl (C=O) groups is 3. The van der Waals surface area contributed by atoms with Crippen molar-refractivity contribution >= 4 is 18.0 Å². The Morgan fingerprint density at radius 1 is 1.28 bits per heavy atom. The summed E-state index contributed by atoms with van der Waals surface area (Å²) in [4.78, 5) is 33.2. The van der Waals surface area contributed by atoms with Gasteiger partial charge in [-0.15, -0.1) is 0 Å². The fraction of sp³-hybridized carbons (Fsp3) is 0.727. The van der Waals surface area contributed by atoms with Crippen LogP contribution in [0.1, 0.15) is 33.1 Å². The highest BCUT2D eigenvalue weighted by atomic mass is 16.5. The number of urea groups is 1. The van der Waals surface area contributed by atoms with Gasteiger partial charge in [-0.1, -0.05) is 6.92 Å². The van der Waals surface area contributed by atoms with Crippen molar-refractivity contribution in [1.82, 2.24) is 10.6 Å². The van der Waals surface area contributed by atoms with E-state index in [-0.39, 0.29) is 18.9 Å². The zero-order valence-electron chi connectivity index (χ0n) is 10.9. The summed E-state index contributed by atoms with van der Waals surface area (Å²) in [5.74, 6) is -1.69. The Morgan fingerprint density at radius 2 is 1.89 bits per heavy atom. The summed E-state index contributed by atoms with van der Waals surface area (Å²) in [7, 11) is 1.22. The summed E-state index contributed by atoms with van der Waals surface area (Å²) >= 11 is 0. The molecule has 3 N–H and O–H groups in total. The molecule has 0 fully saturated rings. The molecular formula is C11H20N2O5. The van der Waals surface area contributed by atoms with Crippen molar-refractivity contribution in [3.05, 3.63) is 0 Å². The summed E-state index contributed by atoms with van der Waals surface area (Å²) in [5.41, 5.74) is 0. The van der Waals surface area contributed by atoms with Crippen LogP contribution in [0.2, 0.25) is 0 Å². The van der Waals surface area contributed by atoms with Crippen LogP contribution in [-0.2, 0) is 14.3 Å². The van der Waals surface area contributed by atoms with Gasteiger partial charge in [-0.2, -0.15) is 0 Å². The number of carboxylic acids is 1.